The van der Waals surface area contributed by atoms with E-state index in [9.17, 15) is 0 Å². The van der Waals surface area contributed by atoms with Crippen molar-refractivity contribution in [2.24, 2.45) is 4.99 Å². The average Bonchev–Trinajstić information content (AvgIpc) is 2.21. The number of anilines is 1. The number of hydrogen-bond acceptors (Lipinski definition) is 1. The highest BCUT2D eigenvalue weighted by atomic mass is 32.1. The normalized spacial score (nSPS) is 10.5. The summed E-state index contributed by atoms with van der Waals surface area (Å²) in [6.45, 7) is 4.10. The molecule has 0 aliphatic heterocycles. The smallest absolute Gasteiger partial charge is 0.198 e. The van der Waals surface area contributed by atoms with Gasteiger partial charge in [-0.2, -0.15) is 0 Å². The standard InChI is InChI=1S/C12H17N3S/c1-9-6-5-7-10(2)11(9)14-12(16)13-8-15(3)4/h5-8H,1-4H3,(H,14,16)/b13-8+. The van der Waals surface area contributed by atoms with Crippen LogP contribution in [0.25, 0.3) is 0 Å². The van der Waals surface area contributed by atoms with Crippen molar-refractivity contribution < 1.29 is 0 Å². The molecular weight excluding hydrogens is 218 g/mol. The third-order valence-electron chi connectivity index (χ3n) is 2.12. The van der Waals surface area contributed by atoms with Gasteiger partial charge in [-0.15, -0.1) is 0 Å². The zero-order valence-electron chi connectivity index (χ0n) is 10.1. The Kier molecular flexibility index (Phi) is 4.43. The minimum Gasteiger partial charge on any atom is -0.369 e. The van der Waals surface area contributed by atoms with Crippen molar-refractivity contribution >= 4 is 29.4 Å². The van der Waals surface area contributed by atoms with Crippen molar-refractivity contribution in [1.82, 2.24) is 4.90 Å². The van der Waals surface area contributed by atoms with Gasteiger partial charge in [0.05, 0.1) is 6.34 Å². The second-order valence-corrected chi connectivity index (χ2v) is 4.29. The number of thiocarbonyl (C=S) groups is 1. The van der Waals surface area contributed by atoms with Gasteiger partial charge in [0.2, 0.25) is 0 Å². The van der Waals surface area contributed by atoms with E-state index in [4.69, 9.17) is 12.2 Å². The lowest BCUT2D eigenvalue weighted by Crippen LogP contribution is -2.13. The molecule has 0 fully saturated rings. The molecule has 1 N–H and O–H groups in total. The fourth-order valence-corrected chi connectivity index (χ4v) is 1.47. The summed E-state index contributed by atoms with van der Waals surface area (Å²) in [5, 5.41) is 3.62. The van der Waals surface area contributed by atoms with Crippen molar-refractivity contribution in [2.75, 3.05) is 19.4 Å². The zero-order chi connectivity index (χ0) is 12.1. The fourth-order valence-electron chi connectivity index (χ4n) is 1.32. The van der Waals surface area contributed by atoms with Crippen molar-refractivity contribution in [3.8, 4) is 0 Å². The van der Waals surface area contributed by atoms with Crippen LogP contribution >= 0.6 is 12.2 Å². The maximum absolute atomic E-state index is 5.14. The number of nitrogens with one attached hydrogen (secondary N) is 1. The topological polar surface area (TPSA) is 27.6 Å². The lowest BCUT2D eigenvalue weighted by Gasteiger charge is -2.11. The molecule has 0 unspecified atom stereocenters. The molecule has 0 saturated heterocycles. The SMILES string of the molecule is Cc1cccc(C)c1NC(=S)/N=C/N(C)C. The van der Waals surface area contributed by atoms with E-state index in [1.807, 2.05) is 51.0 Å². The Labute approximate surface area is 102 Å². The predicted octanol–water partition coefficient (Wildman–Crippen LogP) is 2.59. The molecule has 1 aromatic carbocycles. The molecule has 4 heteroatoms. The third-order valence-corrected chi connectivity index (χ3v) is 2.33. The van der Waals surface area contributed by atoms with Gasteiger partial charge >= 0.3 is 0 Å². The van der Waals surface area contributed by atoms with Crippen LogP contribution in [0.5, 0.6) is 0 Å². The fraction of sp³-hybridized carbons (Fsp3) is 0.333. The molecule has 0 aromatic heterocycles. The first-order valence-electron chi connectivity index (χ1n) is 5.08. The summed E-state index contributed by atoms with van der Waals surface area (Å²) < 4.78 is 0. The van der Waals surface area contributed by atoms with Crippen LogP contribution in [0.2, 0.25) is 0 Å². The summed E-state index contributed by atoms with van der Waals surface area (Å²) >= 11 is 5.14. The number of aliphatic imine (C=N–C) groups is 1. The minimum absolute atomic E-state index is 0.478. The van der Waals surface area contributed by atoms with Gasteiger partial charge in [-0.25, -0.2) is 4.99 Å². The van der Waals surface area contributed by atoms with E-state index in [2.05, 4.69) is 10.3 Å². The Morgan fingerprint density at radius 1 is 1.31 bits per heavy atom. The molecule has 1 rings (SSSR count). The summed E-state index contributed by atoms with van der Waals surface area (Å²) in [6, 6.07) is 6.13. The van der Waals surface area contributed by atoms with Gasteiger partial charge in [0.15, 0.2) is 5.11 Å². The Bertz CT molecular complexity index is 390. The average molecular weight is 235 g/mol. The third kappa shape index (κ3) is 3.62. The Balaban J connectivity index is 2.77. The number of hydrogen-bond donors (Lipinski definition) is 1. The molecule has 16 heavy (non-hydrogen) atoms. The molecule has 0 heterocycles. The Morgan fingerprint density at radius 3 is 2.38 bits per heavy atom. The van der Waals surface area contributed by atoms with Gasteiger partial charge in [-0.05, 0) is 37.2 Å². The predicted molar refractivity (Wildman–Crippen MR) is 74.3 cm³/mol. The monoisotopic (exact) mass is 235 g/mol. The van der Waals surface area contributed by atoms with Crippen LogP contribution in [0.15, 0.2) is 23.2 Å². The van der Waals surface area contributed by atoms with Crippen molar-refractivity contribution in [1.29, 1.82) is 0 Å². The zero-order valence-corrected chi connectivity index (χ0v) is 10.9. The van der Waals surface area contributed by atoms with Crippen molar-refractivity contribution in [3.05, 3.63) is 29.3 Å². The largest absolute Gasteiger partial charge is 0.369 e. The van der Waals surface area contributed by atoms with Gasteiger partial charge in [0, 0.05) is 19.8 Å². The molecule has 3 nitrogen and oxygen atoms in total. The van der Waals surface area contributed by atoms with E-state index in [1.54, 1.807) is 6.34 Å². The lowest BCUT2D eigenvalue weighted by molar-refractivity contribution is 0.644. The number of para-hydroxylation sites is 1. The lowest BCUT2D eigenvalue weighted by atomic mass is 10.1. The van der Waals surface area contributed by atoms with Crippen molar-refractivity contribution in [3.63, 3.8) is 0 Å². The molecule has 86 valence electrons. The van der Waals surface area contributed by atoms with Crippen molar-refractivity contribution in [2.45, 2.75) is 13.8 Å². The molecular formula is C12H17N3S. The molecule has 0 spiro atoms. The summed E-state index contributed by atoms with van der Waals surface area (Å²) in [7, 11) is 3.82. The highest BCUT2D eigenvalue weighted by molar-refractivity contribution is 7.80. The van der Waals surface area contributed by atoms with E-state index in [1.165, 1.54) is 11.1 Å². The van der Waals surface area contributed by atoms with E-state index in [0.717, 1.165) is 5.69 Å². The minimum atomic E-state index is 0.478. The van der Waals surface area contributed by atoms with Gasteiger partial charge < -0.3 is 10.2 Å². The summed E-state index contributed by atoms with van der Waals surface area (Å²) in [6.07, 6.45) is 1.68. The van der Waals surface area contributed by atoms with E-state index < -0.39 is 0 Å². The van der Waals surface area contributed by atoms with Crippen LogP contribution in [0.3, 0.4) is 0 Å². The maximum Gasteiger partial charge on any atom is 0.198 e. The first kappa shape index (κ1) is 12.6. The van der Waals surface area contributed by atoms with Gasteiger partial charge in [-0.3, -0.25) is 0 Å². The molecule has 0 atom stereocenters. The van der Waals surface area contributed by atoms with Crippen LogP contribution in [0.1, 0.15) is 11.1 Å². The highest BCUT2D eigenvalue weighted by Crippen LogP contribution is 2.19. The van der Waals surface area contributed by atoms with Crippen LogP contribution < -0.4 is 5.32 Å². The second kappa shape index (κ2) is 5.61. The molecule has 0 radical (unpaired) electrons. The summed E-state index contributed by atoms with van der Waals surface area (Å²) in [5.74, 6) is 0. The first-order chi connectivity index (χ1) is 7.50. The van der Waals surface area contributed by atoms with Crippen LogP contribution in [-0.2, 0) is 0 Å². The van der Waals surface area contributed by atoms with E-state index in [-0.39, 0.29) is 0 Å². The molecule has 1 aromatic rings. The quantitative estimate of drug-likeness (QED) is 0.485. The van der Waals surface area contributed by atoms with E-state index in [0.29, 0.717) is 5.11 Å². The molecule has 0 bridgehead atoms. The number of benzene rings is 1. The summed E-state index contributed by atoms with van der Waals surface area (Å²) in [5.41, 5.74) is 3.38. The molecule has 0 aliphatic rings. The number of rotatable bonds is 2. The number of aryl methyl sites for hydroxylation is 2. The van der Waals surface area contributed by atoms with Gasteiger partial charge in [-0.1, -0.05) is 18.2 Å². The maximum atomic E-state index is 5.14. The molecule has 0 saturated carbocycles. The van der Waals surface area contributed by atoms with E-state index >= 15 is 0 Å². The van der Waals surface area contributed by atoms with Crippen LogP contribution in [0.4, 0.5) is 5.69 Å². The number of nitrogens with zero attached hydrogens (tertiary/aromatic N) is 2. The Morgan fingerprint density at radius 2 is 1.88 bits per heavy atom. The van der Waals surface area contributed by atoms with Crippen LogP contribution in [0, 0.1) is 13.8 Å². The Hall–Kier alpha value is -1.42. The molecule has 0 amide bonds. The summed E-state index contributed by atoms with van der Waals surface area (Å²) in [4.78, 5) is 5.97. The molecule has 0 aliphatic carbocycles. The van der Waals surface area contributed by atoms with Crippen LogP contribution in [-0.4, -0.2) is 30.4 Å². The van der Waals surface area contributed by atoms with Gasteiger partial charge in [0.1, 0.15) is 0 Å². The first-order valence-corrected chi connectivity index (χ1v) is 5.49. The second-order valence-electron chi connectivity index (χ2n) is 3.91. The highest BCUT2D eigenvalue weighted by Gasteiger charge is 2.02. The van der Waals surface area contributed by atoms with Gasteiger partial charge in [0.25, 0.3) is 0 Å².